The molecule has 0 saturated heterocycles. The average molecular weight is 790 g/mol. The Morgan fingerprint density at radius 1 is 0.458 bits per heavy atom. The van der Waals surface area contributed by atoms with E-state index < -0.39 is 0 Å². The zero-order chi connectivity index (χ0) is 41.1. The van der Waals surface area contributed by atoms with Crippen LogP contribution in [-0.2, 0) is 19.6 Å². The molecule has 0 aliphatic heterocycles. The summed E-state index contributed by atoms with van der Waals surface area (Å²) in [6.07, 6.45) is 10.6. The van der Waals surface area contributed by atoms with Crippen molar-refractivity contribution >= 4 is 17.1 Å². The van der Waals surface area contributed by atoms with E-state index in [9.17, 15) is 0 Å². The summed E-state index contributed by atoms with van der Waals surface area (Å²) in [6, 6.07) is 43.8. The van der Waals surface area contributed by atoms with Crippen molar-refractivity contribution in [2.45, 2.75) is 26.6 Å². The van der Waals surface area contributed by atoms with E-state index in [1.165, 1.54) is 0 Å². The molecule has 0 fully saturated rings. The fourth-order valence-corrected chi connectivity index (χ4v) is 6.02. The average Bonchev–Trinajstić information content (AvgIpc) is 4.11. The number of aromatic nitrogens is 6. The summed E-state index contributed by atoms with van der Waals surface area (Å²) in [4.78, 5) is 28.0. The molecule has 0 radical (unpaired) electrons. The number of ether oxygens (including phenoxy) is 3. The molecule has 0 atom stereocenters. The molecular formula is C47H51N9O3. The van der Waals surface area contributed by atoms with Gasteiger partial charge in [0.2, 0.25) is 0 Å². The minimum atomic E-state index is 0.773. The van der Waals surface area contributed by atoms with Crippen molar-refractivity contribution in [3.05, 3.63) is 188 Å². The summed E-state index contributed by atoms with van der Waals surface area (Å²) in [5.74, 6) is 4.22. The van der Waals surface area contributed by atoms with Gasteiger partial charge < -0.3 is 43.9 Å². The van der Waals surface area contributed by atoms with Crippen LogP contribution in [0.5, 0.6) is 28.7 Å². The Bertz CT molecular complexity index is 2340. The van der Waals surface area contributed by atoms with E-state index in [0.29, 0.717) is 0 Å². The van der Waals surface area contributed by atoms with E-state index in [1.807, 2.05) is 142 Å². The summed E-state index contributed by atoms with van der Waals surface area (Å²) in [5.41, 5.74) is 6.60. The van der Waals surface area contributed by atoms with Gasteiger partial charge in [0.05, 0.1) is 62.8 Å². The summed E-state index contributed by atoms with van der Waals surface area (Å²) in [7, 11) is 5.76. The van der Waals surface area contributed by atoms with Crippen LogP contribution in [0.15, 0.2) is 171 Å². The third-order valence-electron chi connectivity index (χ3n) is 9.12. The lowest BCUT2D eigenvalue weighted by Crippen LogP contribution is -2.22. The molecule has 0 unspecified atom stereocenters. The monoisotopic (exact) mass is 789 g/mol. The number of nitrogens with one attached hydrogen (secondary N) is 3. The molecule has 5 aromatic carbocycles. The van der Waals surface area contributed by atoms with Gasteiger partial charge in [-0.15, -0.1) is 0 Å². The van der Waals surface area contributed by atoms with E-state index in [1.54, 1.807) is 26.1 Å². The first kappa shape index (κ1) is 41.2. The lowest BCUT2D eigenvalue weighted by molar-refractivity contribution is 0.415. The van der Waals surface area contributed by atoms with Crippen LogP contribution in [0.3, 0.4) is 0 Å². The number of anilines is 3. The van der Waals surface area contributed by atoms with Gasteiger partial charge in [0, 0.05) is 74.5 Å². The van der Waals surface area contributed by atoms with Crippen molar-refractivity contribution in [2.24, 2.45) is 0 Å². The lowest BCUT2D eigenvalue weighted by Gasteiger charge is -2.23. The number of aromatic amines is 3. The fraction of sp³-hybridized carbons (Fsp3) is 0.170. The number of para-hydroxylation sites is 2. The predicted molar refractivity (Wildman–Crippen MR) is 236 cm³/mol. The van der Waals surface area contributed by atoms with Gasteiger partial charge in [-0.1, -0.05) is 54.6 Å². The zero-order valence-corrected chi connectivity index (χ0v) is 33.9. The minimum Gasteiger partial charge on any atom is -0.497 e. The number of imidazole rings is 3. The summed E-state index contributed by atoms with van der Waals surface area (Å²) < 4.78 is 17.0. The maximum atomic E-state index is 5.90. The smallest absolute Gasteiger partial charge is 0.129 e. The molecule has 0 aliphatic rings. The number of methoxy groups -OCH3 is 1. The second kappa shape index (κ2) is 21.7. The molecule has 0 amide bonds. The van der Waals surface area contributed by atoms with Crippen LogP contribution >= 0.6 is 0 Å². The lowest BCUT2D eigenvalue weighted by atomic mass is 10.2. The Morgan fingerprint density at radius 2 is 0.847 bits per heavy atom. The molecule has 0 bridgehead atoms. The number of H-pyrrole nitrogens is 3. The van der Waals surface area contributed by atoms with Gasteiger partial charge in [-0.3, -0.25) is 0 Å². The molecule has 3 N–H and O–H groups in total. The minimum absolute atomic E-state index is 0.773. The molecule has 302 valence electrons. The van der Waals surface area contributed by atoms with Gasteiger partial charge in [0.25, 0.3) is 0 Å². The summed E-state index contributed by atoms with van der Waals surface area (Å²) in [5, 5.41) is 0. The fourth-order valence-electron chi connectivity index (χ4n) is 6.02. The molecule has 0 saturated carbocycles. The Morgan fingerprint density at radius 3 is 1.27 bits per heavy atom. The molecule has 12 nitrogen and oxygen atoms in total. The first-order valence-corrected chi connectivity index (χ1v) is 19.3. The van der Waals surface area contributed by atoms with Crippen LogP contribution in [0.25, 0.3) is 0 Å². The molecule has 0 aliphatic carbocycles. The Kier molecular flexibility index (Phi) is 15.2. The van der Waals surface area contributed by atoms with Crippen molar-refractivity contribution < 1.29 is 14.2 Å². The Balaban J connectivity index is 0.000000151. The molecule has 0 spiro atoms. The molecule has 8 rings (SSSR count). The highest BCUT2D eigenvalue weighted by Crippen LogP contribution is 2.28. The number of hydrogen-bond acceptors (Lipinski definition) is 9. The van der Waals surface area contributed by atoms with E-state index in [-0.39, 0.29) is 0 Å². The van der Waals surface area contributed by atoms with E-state index in [2.05, 4.69) is 75.8 Å². The third kappa shape index (κ3) is 13.0. The second-order valence-corrected chi connectivity index (χ2v) is 13.5. The normalized spacial score (nSPS) is 10.3. The second-order valence-electron chi connectivity index (χ2n) is 13.5. The van der Waals surface area contributed by atoms with Crippen LogP contribution in [0.4, 0.5) is 17.1 Å². The van der Waals surface area contributed by atoms with Crippen LogP contribution < -0.4 is 28.9 Å². The van der Waals surface area contributed by atoms with Crippen molar-refractivity contribution in [3.8, 4) is 28.7 Å². The highest BCUT2D eigenvalue weighted by Gasteiger charge is 2.09. The molecule has 8 aromatic rings. The standard InChI is InChI=1S/C18H19N3O.C17H17N3O.C12H15N3O/c1-2-21(13-15-12-19-14-20-15)16-7-6-10-18(11-16)22-17-8-4-3-5-9-17;1-20(12-14-11-18-13-19-14)15-6-5-9-17(10-15)21-16-7-3-2-4-8-16;1-15(8-10-7-13-9-14-10)11-4-3-5-12(6-11)16-2/h3-12,14H,2,13H2,1H3,(H,19,20);2-11,13H,12H2,1H3,(H,18,19);3-7,9H,8H2,1-2H3,(H,13,14). The van der Waals surface area contributed by atoms with Crippen LogP contribution in [0.2, 0.25) is 0 Å². The molecular weight excluding hydrogens is 739 g/mol. The van der Waals surface area contributed by atoms with E-state index >= 15 is 0 Å². The highest BCUT2D eigenvalue weighted by atomic mass is 16.5. The largest absolute Gasteiger partial charge is 0.497 e. The van der Waals surface area contributed by atoms with Gasteiger partial charge >= 0.3 is 0 Å². The van der Waals surface area contributed by atoms with Crippen molar-refractivity contribution in [2.75, 3.05) is 42.4 Å². The molecule has 12 heteroatoms. The van der Waals surface area contributed by atoms with Gasteiger partial charge in [-0.05, 0) is 67.6 Å². The Labute approximate surface area is 346 Å². The zero-order valence-electron chi connectivity index (χ0n) is 33.9. The van der Waals surface area contributed by atoms with Crippen LogP contribution in [-0.4, -0.2) is 57.7 Å². The summed E-state index contributed by atoms with van der Waals surface area (Å²) >= 11 is 0. The van der Waals surface area contributed by atoms with Crippen molar-refractivity contribution in [3.63, 3.8) is 0 Å². The topological polar surface area (TPSA) is 123 Å². The van der Waals surface area contributed by atoms with Gasteiger partial charge in [0.15, 0.2) is 0 Å². The summed E-state index contributed by atoms with van der Waals surface area (Å²) in [6.45, 7) is 5.42. The SMILES string of the molecule is CCN(Cc1cnc[nH]1)c1cccc(Oc2ccccc2)c1.CN(Cc1cnc[nH]1)c1cccc(Oc2ccccc2)c1.COc1cccc(N(C)Cc2cnc[nH]2)c1. The molecule has 3 aromatic heterocycles. The highest BCUT2D eigenvalue weighted by molar-refractivity contribution is 5.53. The van der Waals surface area contributed by atoms with E-state index in [0.717, 1.165) is 89.1 Å². The van der Waals surface area contributed by atoms with Gasteiger partial charge in [0.1, 0.15) is 28.7 Å². The quantitative estimate of drug-likeness (QED) is 0.0931. The Hall–Kier alpha value is -7.47. The number of hydrogen-bond donors (Lipinski definition) is 3. The first-order valence-electron chi connectivity index (χ1n) is 19.3. The van der Waals surface area contributed by atoms with Crippen molar-refractivity contribution in [1.82, 2.24) is 29.9 Å². The predicted octanol–water partition coefficient (Wildman–Crippen LogP) is 10.1. The maximum Gasteiger partial charge on any atom is 0.129 e. The first-order chi connectivity index (χ1) is 28.9. The number of rotatable bonds is 15. The van der Waals surface area contributed by atoms with Gasteiger partial charge in [-0.25, -0.2) is 15.0 Å². The number of benzene rings is 5. The molecule has 3 heterocycles. The van der Waals surface area contributed by atoms with Gasteiger partial charge in [-0.2, -0.15) is 0 Å². The number of nitrogens with zero attached hydrogens (tertiary/aromatic N) is 6. The van der Waals surface area contributed by atoms with Crippen molar-refractivity contribution in [1.29, 1.82) is 0 Å². The van der Waals surface area contributed by atoms with E-state index in [4.69, 9.17) is 14.2 Å². The molecule has 59 heavy (non-hydrogen) atoms. The maximum absolute atomic E-state index is 5.90. The van der Waals surface area contributed by atoms with Crippen LogP contribution in [0.1, 0.15) is 24.0 Å². The third-order valence-corrected chi connectivity index (χ3v) is 9.12. The van der Waals surface area contributed by atoms with Crippen LogP contribution in [0, 0.1) is 0 Å².